The summed E-state index contributed by atoms with van der Waals surface area (Å²) in [6.45, 7) is 5.95. The minimum Gasteiger partial charge on any atom is -0.457 e. The third-order valence-electron chi connectivity index (χ3n) is 3.66. The summed E-state index contributed by atoms with van der Waals surface area (Å²) in [5.74, 6) is 0.0924. The summed E-state index contributed by atoms with van der Waals surface area (Å²) in [5.41, 5.74) is -1.17. The van der Waals surface area contributed by atoms with Gasteiger partial charge < -0.3 is 19.7 Å². The number of fused-ring (bicyclic) bond motifs is 1. The highest BCUT2D eigenvalue weighted by molar-refractivity contribution is 9.10. The Kier molecular flexibility index (Phi) is 3.74. The SMILES string of the molecule is CC(C)(C)OC(=O)N1CCC2(C1)Oc1ncc(Br)cc1NC2=O. The van der Waals surface area contributed by atoms with E-state index in [4.69, 9.17) is 9.47 Å². The Morgan fingerprint density at radius 2 is 2.26 bits per heavy atom. The molecule has 2 aliphatic heterocycles. The van der Waals surface area contributed by atoms with Crippen molar-refractivity contribution in [1.29, 1.82) is 0 Å². The molecule has 0 bridgehead atoms. The van der Waals surface area contributed by atoms with Crippen LogP contribution < -0.4 is 10.1 Å². The van der Waals surface area contributed by atoms with E-state index >= 15 is 0 Å². The number of carbonyl (C=O) groups excluding carboxylic acids is 2. The van der Waals surface area contributed by atoms with Crippen molar-refractivity contribution in [2.75, 3.05) is 18.4 Å². The number of hydrogen-bond donors (Lipinski definition) is 1. The fourth-order valence-electron chi connectivity index (χ4n) is 2.60. The van der Waals surface area contributed by atoms with E-state index in [2.05, 4.69) is 26.2 Å². The van der Waals surface area contributed by atoms with Crippen molar-refractivity contribution in [2.45, 2.75) is 38.4 Å². The van der Waals surface area contributed by atoms with Crippen molar-refractivity contribution in [2.24, 2.45) is 0 Å². The second-order valence-corrected chi connectivity index (χ2v) is 7.62. The van der Waals surface area contributed by atoms with Crippen molar-refractivity contribution in [1.82, 2.24) is 9.88 Å². The van der Waals surface area contributed by atoms with Crippen LogP contribution in [-0.2, 0) is 9.53 Å². The Morgan fingerprint density at radius 3 is 2.96 bits per heavy atom. The number of pyridine rings is 1. The number of anilines is 1. The van der Waals surface area contributed by atoms with Crippen LogP contribution in [0.5, 0.6) is 5.88 Å². The zero-order valence-electron chi connectivity index (χ0n) is 13.2. The number of aromatic nitrogens is 1. The van der Waals surface area contributed by atoms with Gasteiger partial charge in [-0.1, -0.05) is 0 Å². The summed E-state index contributed by atoms with van der Waals surface area (Å²) in [4.78, 5) is 30.3. The van der Waals surface area contributed by atoms with E-state index < -0.39 is 17.3 Å². The fourth-order valence-corrected chi connectivity index (χ4v) is 2.93. The van der Waals surface area contributed by atoms with Crippen LogP contribution >= 0.6 is 15.9 Å². The number of nitrogens with one attached hydrogen (secondary N) is 1. The van der Waals surface area contributed by atoms with Gasteiger partial charge in [0, 0.05) is 23.6 Å². The Labute approximate surface area is 142 Å². The molecule has 7 nitrogen and oxygen atoms in total. The van der Waals surface area contributed by atoms with Gasteiger partial charge in [0.1, 0.15) is 11.3 Å². The average Bonchev–Trinajstić information content (AvgIpc) is 2.84. The molecule has 1 unspecified atom stereocenters. The molecule has 1 N–H and O–H groups in total. The lowest BCUT2D eigenvalue weighted by molar-refractivity contribution is -0.131. The van der Waals surface area contributed by atoms with Crippen molar-refractivity contribution in [3.05, 3.63) is 16.7 Å². The van der Waals surface area contributed by atoms with Gasteiger partial charge in [0.25, 0.3) is 5.91 Å². The molecule has 1 spiro atoms. The van der Waals surface area contributed by atoms with Crippen molar-refractivity contribution in [3.63, 3.8) is 0 Å². The number of ether oxygens (including phenoxy) is 2. The maximum Gasteiger partial charge on any atom is 0.410 e. The van der Waals surface area contributed by atoms with E-state index in [1.54, 1.807) is 33.0 Å². The second kappa shape index (κ2) is 5.36. The summed E-state index contributed by atoms with van der Waals surface area (Å²) in [7, 11) is 0. The zero-order valence-corrected chi connectivity index (χ0v) is 14.8. The first-order valence-corrected chi connectivity index (χ1v) is 8.12. The van der Waals surface area contributed by atoms with Crippen molar-refractivity contribution < 1.29 is 19.1 Å². The summed E-state index contributed by atoms with van der Waals surface area (Å²) >= 11 is 3.30. The second-order valence-electron chi connectivity index (χ2n) is 6.71. The zero-order chi connectivity index (χ0) is 16.8. The van der Waals surface area contributed by atoms with Crippen LogP contribution in [0.2, 0.25) is 0 Å². The number of likely N-dealkylation sites (tertiary alicyclic amines) is 1. The third-order valence-corrected chi connectivity index (χ3v) is 4.09. The maximum absolute atomic E-state index is 12.5. The molecule has 1 fully saturated rings. The molecular weight excluding hydrogens is 366 g/mol. The molecule has 3 heterocycles. The summed E-state index contributed by atoms with van der Waals surface area (Å²) in [5, 5.41) is 2.81. The van der Waals surface area contributed by atoms with Crippen LogP contribution in [0.15, 0.2) is 16.7 Å². The standard InChI is InChI=1S/C15H18BrN3O4/c1-14(2,3)23-13(21)19-5-4-15(8-19)12(20)18-10-6-9(16)7-17-11(10)22-15/h6-7H,4-5,8H2,1-3H3,(H,18,20). The van der Waals surface area contributed by atoms with E-state index in [1.807, 2.05) is 0 Å². The summed E-state index contributed by atoms with van der Waals surface area (Å²) in [6, 6.07) is 1.73. The lowest BCUT2D eigenvalue weighted by Gasteiger charge is -2.33. The summed E-state index contributed by atoms with van der Waals surface area (Å²) < 4.78 is 12.0. The van der Waals surface area contributed by atoms with E-state index in [0.29, 0.717) is 24.5 Å². The topological polar surface area (TPSA) is 80.8 Å². The van der Waals surface area contributed by atoms with Crippen LogP contribution in [0.1, 0.15) is 27.2 Å². The summed E-state index contributed by atoms with van der Waals surface area (Å²) in [6.07, 6.45) is 1.56. The van der Waals surface area contributed by atoms with E-state index in [-0.39, 0.29) is 12.5 Å². The number of nitrogens with zero attached hydrogens (tertiary/aromatic N) is 2. The van der Waals surface area contributed by atoms with Gasteiger partial charge in [-0.05, 0) is 42.8 Å². The normalized spacial score (nSPS) is 23.3. The van der Waals surface area contributed by atoms with E-state index in [9.17, 15) is 9.59 Å². The van der Waals surface area contributed by atoms with Crippen LogP contribution in [0.3, 0.4) is 0 Å². The van der Waals surface area contributed by atoms with Gasteiger partial charge in [0.2, 0.25) is 11.5 Å². The highest BCUT2D eigenvalue weighted by atomic mass is 79.9. The average molecular weight is 384 g/mol. The monoisotopic (exact) mass is 383 g/mol. The number of halogens is 1. The first kappa shape index (κ1) is 16.0. The Bertz CT molecular complexity index is 673. The molecule has 3 rings (SSSR count). The number of carbonyl (C=O) groups is 2. The maximum atomic E-state index is 12.5. The smallest absolute Gasteiger partial charge is 0.410 e. The molecule has 1 aromatic heterocycles. The number of rotatable bonds is 0. The molecule has 0 aromatic carbocycles. The quantitative estimate of drug-likeness (QED) is 0.744. The predicted molar refractivity (Wildman–Crippen MR) is 86.3 cm³/mol. The molecule has 0 radical (unpaired) electrons. The van der Waals surface area contributed by atoms with Gasteiger partial charge in [0.15, 0.2) is 0 Å². The molecular formula is C15H18BrN3O4. The van der Waals surface area contributed by atoms with Gasteiger partial charge in [-0.2, -0.15) is 0 Å². The van der Waals surface area contributed by atoms with E-state index in [0.717, 1.165) is 4.47 Å². The molecule has 8 heteroatoms. The molecule has 1 atom stereocenters. The van der Waals surface area contributed by atoms with E-state index in [1.165, 1.54) is 4.90 Å². The van der Waals surface area contributed by atoms with Crippen LogP contribution in [0.4, 0.5) is 10.5 Å². The lowest BCUT2D eigenvalue weighted by atomic mass is 10.0. The van der Waals surface area contributed by atoms with Crippen LogP contribution in [-0.4, -0.2) is 46.2 Å². The van der Waals surface area contributed by atoms with Gasteiger partial charge in [-0.25, -0.2) is 9.78 Å². The van der Waals surface area contributed by atoms with Crippen molar-refractivity contribution >= 4 is 33.6 Å². The minimum absolute atomic E-state index is 0.144. The van der Waals surface area contributed by atoms with Crippen LogP contribution in [0.25, 0.3) is 0 Å². The van der Waals surface area contributed by atoms with Gasteiger partial charge in [-0.15, -0.1) is 0 Å². The molecule has 1 aromatic rings. The highest BCUT2D eigenvalue weighted by Gasteiger charge is 2.52. The Balaban J connectivity index is 1.78. The predicted octanol–water partition coefficient (Wildman–Crippen LogP) is 2.55. The number of hydrogen-bond acceptors (Lipinski definition) is 5. The molecule has 23 heavy (non-hydrogen) atoms. The first-order chi connectivity index (χ1) is 10.7. The van der Waals surface area contributed by atoms with Crippen molar-refractivity contribution in [3.8, 4) is 5.88 Å². The molecule has 0 aliphatic carbocycles. The largest absolute Gasteiger partial charge is 0.457 e. The van der Waals surface area contributed by atoms with Crippen LogP contribution in [0, 0.1) is 0 Å². The third kappa shape index (κ3) is 3.12. The molecule has 2 amide bonds. The first-order valence-electron chi connectivity index (χ1n) is 7.32. The van der Waals surface area contributed by atoms with Gasteiger partial charge in [-0.3, -0.25) is 4.79 Å². The Hall–Kier alpha value is -1.83. The molecule has 0 saturated carbocycles. The molecule has 2 aliphatic rings. The van der Waals surface area contributed by atoms with Gasteiger partial charge >= 0.3 is 6.09 Å². The molecule has 124 valence electrons. The molecule has 1 saturated heterocycles. The number of amides is 2. The highest BCUT2D eigenvalue weighted by Crippen LogP contribution is 2.38. The van der Waals surface area contributed by atoms with Gasteiger partial charge in [0.05, 0.1) is 6.54 Å². The Morgan fingerprint density at radius 1 is 1.52 bits per heavy atom. The fraction of sp³-hybridized carbons (Fsp3) is 0.533. The minimum atomic E-state index is -1.11. The lowest BCUT2D eigenvalue weighted by Crippen LogP contribution is -2.53.